The van der Waals surface area contributed by atoms with E-state index in [1.165, 1.54) is 12.3 Å². The molecule has 14 heteroatoms. The van der Waals surface area contributed by atoms with Crippen LogP contribution in [0.2, 0.25) is 5.02 Å². The molecule has 0 aliphatic carbocycles. The van der Waals surface area contributed by atoms with E-state index < -0.39 is 34.6 Å². The van der Waals surface area contributed by atoms with Gasteiger partial charge in [-0.2, -0.15) is 13.2 Å². The molecule has 2 amide bonds. The lowest BCUT2D eigenvalue weighted by Crippen LogP contribution is -2.24. The van der Waals surface area contributed by atoms with Gasteiger partial charge >= 0.3 is 6.18 Å². The van der Waals surface area contributed by atoms with E-state index in [0.717, 1.165) is 34.1 Å². The van der Waals surface area contributed by atoms with Crippen LogP contribution in [-0.2, 0) is 11.0 Å². The van der Waals surface area contributed by atoms with E-state index in [2.05, 4.69) is 35.6 Å². The molecule has 4 aromatic rings. The maximum atomic E-state index is 13.1. The minimum atomic E-state index is -4.70. The number of pyridine rings is 2. The van der Waals surface area contributed by atoms with Crippen molar-refractivity contribution in [2.75, 3.05) is 12.4 Å². The summed E-state index contributed by atoms with van der Waals surface area (Å²) in [7, 11) is 1.60. The third kappa shape index (κ3) is 6.23. The fourth-order valence-corrected chi connectivity index (χ4v) is 4.38. The number of aliphatic imine (C=N–C) groups is 1. The molecule has 38 heavy (non-hydrogen) atoms. The van der Waals surface area contributed by atoms with Crippen LogP contribution in [0.25, 0.3) is 11.0 Å². The van der Waals surface area contributed by atoms with Crippen molar-refractivity contribution in [1.29, 1.82) is 0 Å². The second-order valence-corrected chi connectivity index (χ2v) is 9.35. The number of nitrogens with one attached hydrogen (secondary N) is 3. The third-order valence-corrected chi connectivity index (χ3v) is 6.69. The third-order valence-electron chi connectivity index (χ3n) is 5.21. The highest BCUT2D eigenvalue weighted by atomic mass is 35.5. The number of aromatic nitrogens is 4. The number of carbonyl (C=O) groups excluding carboxylic acids is 2. The highest BCUT2D eigenvalue weighted by molar-refractivity contribution is 7.13. The van der Waals surface area contributed by atoms with Crippen LogP contribution >= 0.6 is 22.9 Å². The quantitative estimate of drug-likeness (QED) is 0.211. The molecule has 0 aromatic carbocycles. The Morgan fingerprint density at radius 2 is 1.95 bits per heavy atom. The maximum absolute atomic E-state index is 13.1. The number of H-pyrrole nitrogens is 1. The van der Waals surface area contributed by atoms with Gasteiger partial charge in [-0.15, -0.1) is 11.3 Å². The summed E-state index contributed by atoms with van der Waals surface area (Å²) in [4.78, 5) is 44.5. The van der Waals surface area contributed by atoms with Crippen LogP contribution in [0.3, 0.4) is 0 Å². The minimum Gasteiger partial charge on any atom is -0.346 e. The lowest BCUT2D eigenvalue weighted by molar-refractivity contribution is -0.137. The predicted octanol–water partition coefficient (Wildman–Crippen LogP) is 5.19. The number of hydrogen-bond acceptors (Lipinski definition) is 7. The summed E-state index contributed by atoms with van der Waals surface area (Å²) in [5, 5.41) is 5.80. The zero-order valence-electron chi connectivity index (χ0n) is 19.8. The second kappa shape index (κ2) is 11.1. The summed E-state index contributed by atoms with van der Waals surface area (Å²) < 4.78 is 39.2. The molecule has 3 N–H and O–H groups in total. The van der Waals surface area contributed by atoms with Gasteiger partial charge in [0.05, 0.1) is 28.5 Å². The summed E-state index contributed by atoms with van der Waals surface area (Å²) >= 11 is 6.53. The molecule has 0 fully saturated rings. The molecule has 4 rings (SSSR count). The topological polar surface area (TPSA) is 125 Å². The van der Waals surface area contributed by atoms with Gasteiger partial charge in [0, 0.05) is 42.7 Å². The first-order valence-electron chi connectivity index (χ1n) is 10.9. The summed E-state index contributed by atoms with van der Waals surface area (Å²) in [6.45, 7) is 1.68. The normalized spacial score (nSPS) is 13.2. The standard InChI is InChI=1S/C24H19ClF3N7O2S/c1-12(34-20(36)4-3-17(29-2)14-7-13-5-6-30-21(13)32-9-14)23-33-11-18(38-23)22(37)35-19-8-15(24(26,27)28)16(25)10-31-19/h3-12H,1-2H3,(H,30,32)(H,34,36)(H,31,35,37)/b4-3+,29-17+. The van der Waals surface area contributed by atoms with Crippen molar-refractivity contribution in [3.63, 3.8) is 0 Å². The number of fused-ring (bicyclic) bond motifs is 1. The van der Waals surface area contributed by atoms with E-state index in [1.807, 2.05) is 12.1 Å². The van der Waals surface area contributed by atoms with Crippen LogP contribution in [0.15, 0.2) is 60.1 Å². The van der Waals surface area contributed by atoms with Crippen molar-refractivity contribution < 1.29 is 22.8 Å². The molecule has 0 saturated heterocycles. The van der Waals surface area contributed by atoms with E-state index in [4.69, 9.17) is 11.6 Å². The lowest BCUT2D eigenvalue weighted by atomic mass is 10.1. The number of rotatable bonds is 7. The molecular formula is C24H19ClF3N7O2S. The van der Waals surface area contributed by atoms with E-state index in [1.54, 1.807) is 32.4 Å². The van der Waals surface area contributed by atoms with E-state index >= 15 is 0 Å². The monoisotopic (exact) mass is 561 g/mol. The molecular weight excluding hydrogens is 543 g/mol. The molecule has 9 nitrogen and oxygen atoms in total. The molecule has 0 aliphatic rings. The Morgan fingerprint density at radius 3 is 2.68 bits per heavy atom. The van der Waals surface area contributed by atoms with E-state index in [-0.39, 0.29) is 10.7 Å². The molecule has 1 unspecified atom stereocenters. The molecule has 0 aliphatic heterocycles. The van der Waals surface area contributed by atoms with Crippen LogP contribution in [0.4, 0.5) is 19.0 Å². The van der Waals surface area contributed by atoms with Gasteiger partial charge in [-0.25, -0.2) is 15.0 Å². The number of anilines is 1. The summed E-state index contributed by atoms with van der Waals surface area (Å²) in [5.74, 6) is -1.43. The summed E-state index contributed by atoms with van der Waals surface area (Å²) in [5.41, 5.74) is 0.925. The van der Waals surface area contributed by atoms with Gasteiger partial charge in [-0.1, -0.05) is 11.6 Å². The van der Waals surface area contributed by atoms with Crippen molar-refractivity contribution in [2.24, 2.45) is 4.99 Å². The van der Waals surface area contributed by atoms with Gasteiger partial charge in [0.15, 0.2) is 0 Å². The fraction of sp³-hybridized carbons (Fsp3) is 0.167. The average Bonchev–Trinajstić information content (AvgIpc) is 3.54. The number of thiazole rings is 1. The second-order valence-electron chi connectivity index (χ2n) is 7.88. The Morgan fingerprint density at radius 1 is 1.16 bits per heavy atom. The molecule has 0 saturated carbocycles. The highest BCUT2D eigenvalue weighted by Gasteiger charge is 2.34. The Bertz CT molecular complexity index is 1560. The number of halogens is 4. The van der Waals surface area contributed by atoms with Crippen molar-refractivity contribution in [3.05, 3.63) is 81.2 Å². The molecule has 1 atom stereocenters. The van der Waals surface area contributed by atoms with Gasteiger partial charge < -0.3 is 15.6 Å². The average molecular weight is 562 g/mol. The van der Waals surface area contributed by atoms with E-state index in [9.17, 15) is 22.8 Å². The van der Waals surface area contributed by atoms with Gasteiger partial charge in [0.25, 0.3) is 5.91 Å². The highest BCUT2D eigenvalue weighted by Crippen LogP contribution is 2.35. The SMILES string of the molecule is C/N=C(\C=C\C(=O)NC(C)c1ncc(C(=O)Nc2cc(C(F)(F)F)c(Cl)cn2)s1)c1cnc2[nH]ccc2c1. The van der Waals surface area contributed by atoms with Gasteiger partial charge in [0.2, 0.25) is 5.91 Å². The van der Waals surface area contributed by atoms with Crippen molar-refractivity contribution >= 4 is 57.3 Å². The number of carbonyl (C=O) groups is 2. The van der Waals surface area contributed by atoms with Crippen molar-refractivity contribution in [1.82, 2.24) is 25.3 Å². The maximum Gasteiger partial charge on any atom is 0.418 e. The Hall–Kier alpha value is -4.10. The Balaban J connectivity index is 1.38. The van der Waals surface area contributed by atoms with Gasteiger partial charge in [-0.3, -0.25) is 14.6 Å². The first-order chi connectivity index (χ1) is 18.0. The molecule has 4 heterocycles. The van der Waals surface area contributed by atoms with Crippen molar-refractivity contribution in [2.45, 2.75) is 19.1 Å². The van der Waals surface area contributed by atoms with Gasteiger partial charge in [0.1, 0.15) is 21.3 Å². The number of hydrogen-bond donors (Lipinski definition) is 3. The number of nitrogens with zero attached hydrogens (tertiary/aromatic N) is 4. The van der Waals surface area contributed by atoms with Crippen LogP contribution < -0.4 is 10.6 Å². The summed E-state index contributed by atoms with van der Waals surface area (Å²) in [6, 6.07) is 3.88. The van der Waals surface area contributed by atoms with Crippen molar-refractivity contribution in [3.8, 4) is 0 Å². The predicted molar refractivity (Wildman–Crippen MR) is 139 cm³/mol. The molecule has 0 radical (unpaired) electrons. The van der Waals surface area contributed by atoms with Crippen LogP contribution in [0, 0.1) is 0 Å². The first-order valence-corrected chi connectivity index (χ1v) is 12.1. The van der Waals surface area contributed by atoms with Crippen LogP contribution in [0.1, 0.15) is 38.8 Å². The smallest absolute Gasteiger partial charge is 0.346 e. The Kier molecular flexibility index (Phi) is 7.88. The Labute approximate surface area is 222 Å². The minimum absolute atomic E-state index is 0.120. The fourth-order valence-electron chi connectivity index (χ4n) is 3.35. The van der Waals surface area contributed by atoms with Gasteiger partial charge in [-0.05, 0) is 31.2 Å². The number of alkyl halides is 3. The van der Waals surface area contributed by atoms with Crippen LogP contribution in [0.5, 0.6) is 0 Å². The number of allylic oxidation sites excluding steroid dienone is 1. The first kappa shape index (κ1) is 26.9. The molecule has 4 aromatic heterocycles. The number of aromatic amines is 1. The zero-order valence-corrected chi connectivity index (χ0v) is 21.4. The largest absolute Gasteiger partial charge is 0.418 e. The molecule has 0 spiro atoms. The molecule has 0 bridgehead atoms. The molecule has 196 valence electrons. The lowest BCUT2D eigenvalue weighted by Gasteiger charge is -2.10. The number of amides is 2. The summed E-state index contributed by atoms with van der Waals surface area (Å²) in [6.07, 6.45) is 3.69. The zero-order chi connectivity index (χ0) is 27.4. The van der Waals surface area contributed by atoms with Crippen LogP contribution in [-0.4, -0.2) is 44.5 Å². The van der Waals surface area contributed by atoms with E-state index in [0.29, 0.717) is 16.8 Å².